The summed E-state index contributed by atoms with van der Waals surface area (Å²) in [6.07, 6.45) is 12.4. The normalized spacial score (nSPS) is 10.7. The number of aromatic carboxylic acids is 1. The Morgan fingerprint density at radius 2 is 1.04 bits per heavy atom. The summed E-state index contributed by atoms with van der Waals surface area (Å²) in [6, 6.07) is 38.9. The number of oxazole rings is 1. The number of hydrogen-bond acceptors (Lipinski definition) is 4. The van der Waals surface area contributed by atoms with Crippen LogP contribution in [-0.4, -0.2) is 16.1 Å². The fourth-order valence-electron chi connectivity index (χ4n) is 6.29. The Balaban J connectivity index is 1.15. The van der Waals surface area contributed by atoms with Gasteiger partial charge < -0.3 is 14.4 Å². The van der Waals surface area contributed by atoms with Gasteiger partial charge in [-0.25, -0.2) is 9.78 Å². The Morgan fingerprint density at radius 3 is 1.51 bits per heavy atom. The first-order valence-electron chi connectivity index (χ1n) is 18.8. The zero-order valence-electron chi connectivity index (χ0n) is 30.7. The molecule has 0 amide bonds. The van der Waals surface area contributed by atoms with Crippen molar-refractivity contribution in [2.24, 2.45) is 0 Å². The molecule has 1 aromatic heterocycles. The number of carboxylic acids is 1. The molecule has 1 N–H and O–H groups in total. The van der Waals surface area contributed by atoms with Crippen LogP contribution in [0.2, 0.25) is 0 Å². The molecule has 1 heterocycles. The van der Waals surface area contributed by atoms with Gasteiger partial charge in [-0.05, 0) is 134 Å². The lowest BCUT2D eigenvalue weighted by Crippen LogP contribution is -2.10. The third-order valence-electron chi connectivity index (χ3n) is 9.34. The monoisotopic (exact) mass is 698 g/mol. The molecule has 5 aromatic carbocycles. The molecule has 0 bridgehead atoms. The molecule has 0 atom stereocenters. The van der Waals surface area contributed by atoms with Crippen molar-refractivity contribution in [3.05, 3.63) is 155 Å². The smallest absolute Gasteiger partial charge is 0.335 e. The van der Waals surface area contributed by atoms with Crippen LogP contribution >= 0.6 is 0 Å². The van der Waals surface area contributed by atoms with Gasteiger partial charge in [0.15, 0.2) is 5.58 Å². The van der Waals surface area contributed by atoms with E-state index in [2.05, 4.69) is 120 Å². The van der Waals surface area contributed by atoms with Gasteiger partial charge in [-0.1, -0.05) is 94.4 Å². The number of hydrogen-bond donors (Lipinski definition) is 1. The topological polar surface area (TPSA) is 66.6 Å². The molecule has 5 heteroatoms. The van der Waals surface area contributed by atoms with E-state index in [-0.39, 0.29) is 11.5 Å². The molecule has 0 saturated carbocycles. The lowest BCUT2D eigenvalue weighted by Gasteiger charge is -2.26. The minimum Gasteiger partial charge on any atom is -0.478 e. The molecule has 5 nitrogen and oxygen atoms in total. The number of aryl methyl sites for hydroxylation is 2. The maximum absolute atomic E-state index is 11.2. The first-order valence-corrected chi connectivity index (χ1v) is 18.8. The lowest BCUT2D eigenvalue weighted by molar-refractivity contribution is 0.0697. The highest BCUT2D eigenvalue weighted by molar-refractivity contribution is 5.91. The number of benzene rings is 5. The standard InChI is InChI=1S/C48H46N2O3/c1-3-5-7-9-11-36-19-27-42(28-20-36)50(43-29-21-37(22-30-43)12-10-8-6-4-2)44-31-23-40(24-32-44)18-15-38-13-16-39(17-14-38)25-34-47-49-45-33-26-41(48(51)52)35-46(45)53-47/h13-14,16-17,19-24,26-33,35H,3-12H2,1-2H3,(H,51,52). The number of carbonyl (C=O) groups is 1. The van der Waals surface area contributed by atoms with Crippen molar-refractivity contribution >= 4 is 34.1 Å². The SMILES string of the molecule is CCCCCCc1ccc(N(c2ccc(C#Cc3ccc(C#Cc4nc5ccc(C(=O)O)cc5o4)cc3)cc2)c2ccc(CCCCCC)cc2)cc1. The minimum atomic E-state index is -1.02. The Bertz CT molecular complexity index is 2170. The first-order chi connectivity index (χ1) is 26.0. The largest absolute Gasteiger partial charge is 0.478 e. The summed E-state index contributed by atoms with van der Waals surface area (Å²) in [5.74, 6) is 11.8. The minimum absolute atomic E-state index is 0.144. The average molecular weight is 699 g/mol. The maximum atomic E-state index is 11.2. The number of anilines is 3. The average Bonchev–Trinajstić information content (AvgIpc) is 3.61. The number of aromatic nitrogens is 1. The van der Waals surface area contributed by atoms with Gasteiger partial charge in [0.1, 0.15) is 5.52 Å². The number of carboxylic acid groups (broad SMARTS) is 1. The summed E-state index contributed by atoms with van der Waals surface area (Å²) in [5, 5.41) is 9.21. The predicted octanol–water partition coefficient (Wildman–Crippen LogP) is 12.0. The molecular weight excluding hydrogens is 653 g/mol. The van der Waals surface area contributed by atoms with Gasteiger partial charge in [0.05, 0.1) is 5.56 Å². The van der Waals surface area contributed by atoms with E-state index in [4.69, 9.17) is 4.42 Å². The Morgan fingerprint density at radius 1 is 0.585 bits per heavy atom. The van der Waals surface area contributed by atoms with Gasteiger partial charge >= 0.3 is 5.97 Å². The molecule has 6 aromatic rings. The number of rotatable bonds is 14. The van der Waals surface area contributed by atoms with E-state index < -0.39 is 5.97 Å². The predicted molar refractivity (Wildman–Crippen MR) is 216 cm³/mol. The van der Waals surface area contributed by atoms with Gasteiger partial charge in [-0.3, -0.25) is 0 Å². The second-order valence-corrected chi connectivity index (χ2v) is 13.4. The van der Waals surface area contributed by atoms with Crippen LogP contribution in [0.15, 0.2) is 120 Å². The third kappa shape index (κ3) is 10.3. The molecule has 0 aliphatic carbocycles. The van der Waals surface area contributed by atoms with Crippen molar-refractivity contribution in [3.8, 4) is 23.7 Å². The Hall–Kier alpha value is -6.04. The summed E-state index contributed by atoms with van der Waals surface area (Å²) < 4.78 is 5.64. The fraction of sp³-hybridized carbons (Fsp3) is 0.250. The quantitative estimate of drug-likeness (QED) is 0.0906. The van der Waals surface area contributed by atoms with Crippen molar-refractivity contribution in [2.75, 3.05) is 4.90 Å². The summed E-state index contributed by atoms with van der Waals surface area (Å²) in [4.78, 5) is 17.9. The third-order valence-corrected chi connectivity index (χ3v) is 9.34. The van der Waals surface area contributed by atoms with Crippen LogP contribution in [-0.2, 0) is 12.8 Å². The molecule has 6 rings (SSSR count). The van der Waals surface area contributed by atoms with Crippen molar-refractivity contribution in [1.29, 1.82) is 0 Å². The van der Waals surface area contributed by atoms with Gasteiger partial charge in [-0.2, -0.15) is 0 Å². The van der Waals surface area contributed by atoms with E-state index in [1.165, 1.54) is 74.6 Å². The zero-order valence-corrected chi connectivity index (χ0v) is 30.7. The van der Waals surface area contributed by atoms with Gasteiger partial charge in [0, 0.05) is 33.8 Å². The van der Waals surface area contributed by atoms with Crippen molar-refractivity contribution in [2.45, 2.75) is 78.1 Å². The van der Waals surface area contributed by atoms with Gasteiger partial charge in [0.2, 0.25) is 0 Å². The molecule has 0 aliphatic heterocycles. The Kier molecular flexibility index (Phi) is 12.8. The molecule has 0 unspecified atom stereocenters. The van der Waals surface area contributed by atoms with Crippen LogP contribution in [0.4, 0.5) is 17.1 Å². The summed E-state index contributed by atoms with van der Waals surface area (Å²) in [6.45, 7) is 4.51. The number of unbranched alkanes of at least 4 members (excludes halogenated alkanes) is 6. The van der Waals surface area contributed by atoms with Crippen molar-refractivity contribution in [3.63, 3.8) is 0 Å². The molecule has 0 saturated heterocycles. The fourth-order valence-corrected chi connectivity index (χ4v) is 6.29. The van der Waals surface area contributed by atoms with Crippen LogP contribution in [0, 0.1) is 23.7 Å². The van der Waals surface area contributed by atoms with E-state index in [1.807, 2.05) is 24.3 Å². The molecule has 266 valence electrons. The zero-order chi connectivity index (χ0) is 36.8. The van der Waals surface area contributed by atoms with E-state index in [9.17, 15) is 9.90 Å². The van der Waals surface area contributed by atoms with E-state index in [0.29, 0.717) is 11.1 Å². The van der Waals surface area contributed by atoms with E-state index in [0.717, 1.165) is 46.6 Å². The van der Waals surface area contributed by atoms with Crippen molar-refractivity contribution in [1.82, 2.24) is 4.98 Å². The van der Waals surface area contributed by atoms with Crippen LogP contribution in [0.1, 0.15) is 109 Å². The second kappa shape index (κ2) is 18.5. The highest BCUT2D eigenvalue weighted by Crippen LogP contribution is 2.35. The van der Waals surface area contributed by atoms with E-state index in [1.54, 1.807) is 6.07 Å². The number of nitrogens with zero attached hydrogens (tertiary/aromatic N) is 2. The van der Waals surface area contributed by atoms with E-state index >= 15 is 0 Å². The molecule has 0 radical (unpaired) electrons. The summed E-state index contributed by atoms with van der Waals surface area (Å²) >= 11 is 0. The number of fused-ring (bicyclic) bond motifs is 1. The highest BCUT2D eigenvalue weighted by Gasteiger charge is 2.13. The van der Waals surface area contributed by atoms with Gasteiger partial charge in [0.25, 0.3) is 5.89 Å². The molecular formula is C48H46N2O3. The molecule has 0 spiro atoms. The first kappa shape index (κ1) is 36.7. The van der Waals surface area contributed by atoms with Gasteiger partial charge in [-0.15, -0.1) is 0 Å². The maximum Gasteiger partial charge on any atom is 0.335 e. The molecule has 0 aliphatic rings. The van der Waals surface area contributed by atoms with Crippen LogP contribution < -0.4 is 4.90 Å². The highest BCUT2D eigenvalue weighted by atomic mass is 16.4. The van der Waals surface area contributed by atoms with Crippen LogP contribution in [0.3, 0.4) is 0 Å². The Labute approximate surface area is 313 Å². The lowest BCUT2D eigenvalue weighted by atomic mass is 10.0. The van der Waals surface area contributed by atoms with Crippen molar-refractivity contribution < 1.29 is 14.3 Å². The second-order valence-electron chi connectivity index (χ2n) is 13.4. The summed E-state index contributed by atoms with van der Waals surface area (Å²) in [5.41, 5.74) is 9.86. The molecule has 0 fully saturated rings. The van der Waals surface area contributed by atoms with Crippen LogP contribution in [0.5, 0.6) is 0 Å². The molecule has 53 heavy (non-hydrogen) atoms. The van der Waals surface area contributed by atoms with Crippen LogP contribution in [0.25, 0.3) is 11.1 Å². The summed E-state index contributed by atoms with van der Waals surface area (Å²) in [7, 11) is 0.